The minimum Gasteiger partial charge on any atom is -0.479 e. The quantitative estimate of drug-likeness (QED) is 0.585. The number of nitro groups is 1. The predicted molar refractivity (Wildman–Crippen MR) is 55.0 cm³/mol. The Bertz CT molecular complexity index is 406. The molecule has 1 atom stereocenters. The van der Waals surface area contributed by atoms with Gasteiger partial charge in [0.1, 0.15) is 5.75 Å². The second-order valence-electron chi connectivity index (χ2n) is 3.16. The summed E-state index contributed by atoms with van der Waals surface area (Å²) in [5.41, 5.74) is -0.0986. The lowest BCUT2D eigenvalue weighted by Crippen LogP contribution is -2.26. The highest BCUT2D eigenvalue weighted by Crippen LogP contribution is 2.19. The van der Waals surface area contributed by atoms with E-state index in [1.807, 2.05) is 0 Å². The van der Waals surface area contributed by atoms with Crippen LogP contribution in [0.5, 0.6) is 5.75 Å². The molecule has 0 amide bonds. The molecular weight excluding hydrogens is 233 g/mol. The summed E-state index contributed by atoms with van der Waals surface area (Å²) in [5, 5.41) is 10.4. The van der Waals surface area contributed by atoms with Gasteiger partial charge in [-0.15, -0.1) is 0 Å². The summed E-state index contributed by atoms with van der Waals surface area (Å²) in [7, 11) is 0. The molecule has 0 saturated heterocycles. The molecule has 92 valence electrons. The van der Waals surface area contributed by atoms with Crippen LogP contribution >= 0.6 is 0 Å². The number of nitrogens with zero attached hydrogens (tertiary/aromatic N) is 1. The summed E-state index contributed by atoms with van der Waals surface area (Å²) in [6.45, 7) is 1.62. The molecule has 0 aromatic heterocycles. The summed E-state index contributed by atoms with van der Waals surface area (Å²) < 4.78 is 16.8. The molecule has 7 heteroatoms. The average Bonchev–Trinajstić information content (AvgIpc) is 2.35. The van der Waals surface area contributed by atoms with Crippen molar-refractivity contribution in [3.8, 4) is 5.75 Å². The third-order valence-electron chi connectivity index (χ3n) is 2.04. The summed E-state index contributed by atoms with van der Waals surface area (Å²) in [5.74, 6) is -0.904. The van der Waals surface area contributed by atoms with Gasteiger partial charge in [-0.1, -0.05) is 6.92 Å². The van der Waals surface area contributed by atoms with E-state index in [2.05, 4.69) is 4.94 Å². The number of carbonyl (C=O) groups excluding carboxylic acids is 1. The minimum atomic E-state index is -1.13. The van der Waals surface area contributed by atoms with Crippen molar-refractivity contribution >= 4 is 11.7 Å². The molecule has 0 spiro atoms. The van der Waals surface area contributed by atoms with Crippen LogP contribution in [0.1, 0.15) is 13.3 Å². The molecular formula is C10H10FNO5. The third-order valence-corrected chi connectivity index (χ3v) is 2.04. The van der Waals surface area contributed by atoms with Crippen molar-refractivity contribution in [3.63, 3.8) is 0 Å². The molecule has 17 heavy (non-hydrogen) atoms. The van der Waals surface area contributed by atoms with Crippen molar-refractivity contribution in [2.75, 3.05) is 0 Å². The number of halogens is 1. The van der Waals surface area contributed by atoms with Crippen LogP contribution in [0.4, 0.5) is 10.2 Å². The van der Waals surface area contributed by atoms with E-state index in [1.165, 1.54) is 24.3 Å². The smallest absolute Gasteiger partial charge is 0.388 e. The van der Waals surface area contributed by atoms with E-state index in [-0.39, 0.29) is 17.9 Å². The molecule has 1 unspecified atom stereocenters. The van der Waals surface area contributed by atoms with E-state index >= 15 is 0 Å². The van der Waals surface area contributed by atoms with Crippen LogP contribution in [-0.2, 0) is 9.74 Å². The molecule has 0 aliphatic heterocycles. The molecule has 0 bridgehead atoms. The zero-order valence-electron chi connectivity index (χ0n) is 8.96. The topological polar surface area (TPSA) is 78.7 Å². The zero-order valence-corrected chi connectivity index (χ0v) is 8.96. The monoisotopic (exact) mass is 243 g/mol. The fourth-order valence-electron chi connectivity index (χ4n) is 1.16. The van der Waals surface area contributed by atoms with Crippen molar-refractivity contribution in [3.05, 3.63) is 34.4 Å². The number of ether oxygens (including phenoxy) is 1. The van der Waals surface area contributed by atoms with Crippen LogP contribution in [0.25, 0.3) is 0 Å². The van der Waals surface area contributed by atoms with Gasteiger partial charge in [0.2, 0.25) is 0 Å². The highest BCUT2D eigenvalue weighted by Gasteiger charge is 2.21. The van der Waals surface area contributed by atoms with Crippen molar-refractivity contribution in [2.45, 2.75) is 19.4 Å². The predicted octanol–water partition coefficient (Wildman–Crippen LogP) is 2.18. The molecule has 1 aromatic carbocycles. The first-order valence-corrected chi connectivity index (χ1v) is 4.82. The van der Waals surface area contributed by atoms with Crippen LogP contribution < -0.4 is 4.74 Å². The Morgan fingerprint density at radius 1 is 1.47 bits per heavy atom. The fourth-order valence-corrected chi connectivity index (χ4v) is 1.16. The minimum absolute atomic E-state index is 0.0986. The Labute approximate surface area is 96.0 Å². The van der Waals surface area contributed by atoms with Crippen molar-refractivity contribution in [1.29, 1.82) is 0 Å². The second kappa shape index (κ2) is 5.78. The van der Waals surface area contributed by atoms with Gasteiger partial charge in [0, 0.05) is 16.7 Å². The van der Waals surface area contributed by atoms with E-state index in [0.717, 1.165) is 0 Å². The maximum Gasteiger partial charge on any atom is 0.388 e. The maximum atomic E-state index is 11.7. The SMILES string of the molecule is CCC(Oc1ccc([N+](=O)[O-])cc1)C(=O)OF. The van der Waals surface area contributed by atoms with E-state index in [0.29, 0.717) is 0 Å². The Balaban J connectivity index is 2.74. The van der Waals surface area contributed by atoms with Crippen molar-refractivity contribution < 1.29 is 23.9 Å². The van der Waals surface area contributed by atoms with E-state index < -0.39 is 17.0 Å². The Morgan fingerprint density at radius 2 is 2.06 bits per heavy atom. The Kier molecular flexibility index (Phi) is 4.38. The van der Waals surface area contributed by atoms with Gasteiger partial charge >= 0.3 is 5.97 Å². The van der Waals surface area contributed by atoms with Crippen LogP contribution in [0, 0.1) is 10.1 Å². The zero-order chi connectivity index (χ0) is 12.8. The molecule has 0 fully saturated rings. The summed E-state index contributed by atoms with van der Waals surface area (Å²) in [6, 6.07) is 5.10. The lowest BCUT2D eigenvalue weighted by atomic mass is 10.2. The highest BCUT2D eigenvalue weighted by molar-refractivity contribution is 5.74. The Morgan fingerprint density at radius 3 is 2.47 bits per heavy atom. The molecule has 0 heterocycles. The first-order valence-electron chi connectivity index (χ1n) is 4.82. The van der Waals surface area contributed by atoms with Gasteiger partial charge in [-0.3, -0.25) is 15.1 Å². The number of rotatable bonds is 5. The normalized spacial score (nSPS) is 11.6. The highest BCUT2D eigenvalue weighted by atomic mass is 19.3. The number of hydrogen-bond acceptors (Lipinski definition) is 5. The van der Waals surface area contributed by atoms with Gasteiger partial charge in [0.15, 0.2) is 6.10 Å². The van der Waals surface area contributed by atoms with Crippen molar-refractivity contribution in [1.82, 2.24) is 0 Å². The first-order chi connectivity index (χ1) is 8.08. The van der Waals surface area contributed by atoms with Gasteiger partial charge in [-0.05, 0) is 18.6 Å². The number of non-ortho nitro benzene ring substituents is 1. The number of benzene rings is 1. The lowest BCUT2D eigenvalue weighted by Gasteiger charge is -2.12. The molecule has 0 aliphatic rings. The third kappa shape index (κ3) is 3.40. The maximum absolute atomic E-state index is 11.7. The first kappa shape index (κ1) is 12.9. The van der Waals surface area contributed by atoms with Crippen LogP contribution in [0.3, 0.4) is 0 Å². The molecule has 0 radical (unpaired) electrons. The summed E-state index contributed by atoms with van der Waals surface area (Å²) in [4.78, 5) is 23.8. The molecule has 0 aliphatic carbocycles. The molecule has 1 rings (SSSR count). The van der Waals surface area contributed by atoms with Crippen molar-refractivity contribution in [2.24, 2.45) is 0 Å². The Hall–Kier alpha value is -2.18. The van der Waals surface area contributed by atoms with E-state index in [4.69, 9.17) is 4.74 Å². The van der Waals surface area contributed by atoms with Gasteiger partial charge in [0.25, 0.3) is 5.69 Å². The largest absolute Gasteiger partial charge is 0.479 e. The summed E-state index contributed by atoms with van der Waals surface area (Å²) >= 11 is 0. The number of carbonyl (C=O) groups is 1. The van der Waals surface area contributed by atoms with E-state index in [9.17, 15) is 19.4 Å². The van der Waals surface area contributed by atoms with Gasteiger partial charge in [-0.2, -0.15) is 0 Å². The number of hydrogen-bond donors (Lipinski definition) is 0. The fraction of sp³-hybridized carbons (Fsp3) is 0.300. The van der Waals surface area contributed by atoms with E-state index in [1.54, 1.807) is 6.92 Å². The average molecular weight is 243 g/mol. The molecule has 0 saturated carbocycles. The number of nitro benzene ring substituents is 1. The van der Waals surface area contributed by atoms with Crippen LogP contribution in [0.15, 0.2) is 24.3 Å². The molecule has 1 aromatic rings. The standard InChI is InChI=1S/C10H10FNO5/c1-2-9(10(13)17-11)16-8-5-3-7(4-6-8)12(14)15/h3-6,9H,2H2,1H3. The van der Waals surface area contributed by atoms with Crippen LogP contribution in [-0.4, -0.2) is 17.0 Å². The second-order valence-corrected chi connectivity index (χ2v) is 3.16. The van der Waals surface area contributed by atoms with Gasteiger partial charge in [0.05, 0.1) is 4.92 Å². The molecule has 6 nitrogen and oxygen atoms in total. The van der Waals surface area contributed by atoms with Gasteiger partial charge in [-0.25, -0.2) is 4.79 Å². The summed E-state index contributed by atoms with van der Waals surface area (Å²) in [6.07, 6.45) is -0.846. The molecule has 0 N–H and O–H groups in total. The lowest BCUT2D eigenvalue weighted by molar-refractivity contribution is -0.384. The van der Waals surface area contributed by atoms with Gasteiger partial charge < -0.3 is 4.74 Å². The van der Waals surface area contributed by atoms with Crippen LogP contribution in [0.2, 0.25) is 0 Å².